The molecule has 0 aliphatic rings. The fourth-order valence-corrected chi connectivity index (χ4v) is 2.22. The minimum Gasteiger partial charge on any atom is -0.503 e. The number of hydrogen-bond acceptors (Lipinski definition) is 5. The molecule has 2 aromatic rings. The van der Waals surface area contributed by atoms with Gasteiger partial charge in [-0.3, -0.25) is 5.43 Å². The molecule has 0 heterocycles. The first kappa shape index (κ1) is 16.3. The normalized spacial score (nSPS) is 10.7. The summed E-state index contributed by atoms with van der Waals surface area (Å²) < 4.78 is 10.1. The number of aromatic hydroxyl groups is 1. The molecule has 0 fully saturated rings. The maximum Gasteiger partial charge on any atom is 0.176 e. The highest BCUT2D eigenvalue weighted by atomic mass is 35.5. The van der Waals surface area contributed by atoms with Gasteiger partial charge in [-0.25, -0.2) is 0 Å². The summed E-state index contributed by atoms with van der Waals surface area (Å²) in [4.78, 5) is 0. The molecule has 0 aliphatic heterocycles. The Balaban J connectivity index is 2.13. The molecule has 0 saturated carbocycles. The molecule has 7 heteroatoms. The van der Waals surface area contributed by atoms with E-state index in [0.717, 1.165) is 0 Å². The number of halogens is 2. The Labute approximate surface area is 138 Å². The van der Waals surface area contributed by atoms with Gasteiger partial charge in [0.2, 0.25) is 0 Å². The van der Waals surface area contributed by atoms with Crippen LogP contribution in [0.15, 0.2) is 35.4 Å². The van der Waals surface area contributed by atoms with Crippen LogP contribution in [0.25, 0.3) is 0 Å². The van der Waals surface area contributed by atoms with Crippen LogP contribution >= 0.6 is 23.2 Å². The van der Waals surface area contributed by atoms with Crippen molar-refractivity contribution >= 4 is 35.1 Å². The topological polar surface area (TPSA) is 63.1 Å². The first-order valence-electron chi connectivity index (χ1n) is 6.24. The second-order valence-corrected chi connectivity index (χ2v) is 5.09. The third kappa shape index (κ3) is 3.75. The highest BCUT2D eigenvalue weighted by Gasteiger charge is 2.07. The van der Waals surface area contributed by atoms with Crippen molar-refractivity contribution in [1.82, 2.24) is 0 Å². The van der Waals surface area contributed by atoms with E-state index in [4.69, 9.17) is 32.7 Å². The van der Waals surface area contributed by atoms with Crippen LogP contribution in [0.4, 0.5) is 5.69 Å². The van der Waals surface area contributed by atoms with Crippen molar-refractivity contribution in [2.45, 2.75) is 0 Å². The number of phenols is 1. The number of benzene rings is 2. The predicted octanol–water partition coefficient (Wildman–Crippen LogP) is 4.16. The molecular formula is C15H14Cl2N2O3. The Morgan fingerprint density at radius 3 is 2.41 bits per heavy atom. The van der Waals surface area contributed by atoms with Gasteiger partial charge in [-0.2, -0.15) is 5.10 Å². The standard InChI is InChI=1S/C15H14Cl2N2O3/c1-21-13-4-3-10(7-11(13)16)19-18-8-9-5-12(17)15(20)14(6-9)22-2/h3-8,19-20H,1-2H3/b18-8+. The van der Waals surface area contributed by atoms with Crippen LogP contribution in [-0.4, -0.2) is 25.5 Å². The second-order valence-electron chi connectivity index (χ2n) is 4.27. The molecule has 0 atom stereocenters. The van der Waals surface area contributed by atoms with Gasteiger partial charge in [0.25, 0.3) is 0 Å². The van der Waals surface area contributed by atoms with E-state index in [1.807, 2.05) is 0 Å². The van der Waals surface area contributed by atoms with Gasteiger partial charge in [0.1, 0.15) is 5.75 Å². The number of hydrogen-bond donors (Lipinski definition) is 2. The molecular weight excluding hydrogens is 327 g/mol. The molecule has 22 heavy (non-hydrogen) atoms. The van der Waals surface area contributed by atoms with Gasteiger partial charge < -0.3 is 14.6 Å². The average molecular weight is 341 g/mol. The van der Waals surface area contributed by atoms with Gasteiger partial charge >= 0.3 is 0 Å². The van der Waals surface area contributed by atoms with Crippen molar-refractivity contribution in [3.63, 3.8) is 0 Å². The molecule has 0 bridgehead atoms. The van der Waals surface area contributed by atoms with E-state index in [9.17, 15) is 5.11 Å². The quantitative estimate of drug-likeness (QED) is 0.633. The van der Waals surface area contributed by atoms with Gasteiger partial charge in [-0.15, -0.1) is 0 Å². The molecule has 0 unspecified atom stereocenters. The van der Waals surface area contributed by atoms with Crippen molar-refractivity contribution < 1.29 is 14.6 Å². The summed E-state index contributed by atoms with van der Waals surface area (Å²) in [5, 5.41) is 14.4. The maximum atomic E-state index is 9.66. The number of nitrogens with zero attached hydrogens (tertiary/aromatic N) is 1. The lowest BCUT2D eigenvalue weighted by Crippen LogP contribution is -1.93. The largest absolute Gasteiger partial charge is 0.503 e. The Kier molecular flexibility index (Phi) is 5.35. The monoisotopic (exact) mass is 340 g/mol. The highest BCUT2D eigenvalue weighted by Crippen LogP contribution is 2.34. The van der Waals surface area contributed by atoms with Crippen LogP contribution in [0.5, 0.6) is 17.2 Å². The summed E-state index contributed by atoms with van der Waals surface area (Å²) in [5.41, 5.74) is 4.22. The second kappa shape index (κ2) is 7.24. The molecule has 0 aromatic heterocycles. The summed E-state index contributed by atoms with van der Waals surface area (Å²) in [6.07, 6.45) is 1.55. The van der Waals surface area contributed by atoms with E-state index in [1.165, 1.54) is 7.11 Å². The predicted molar refractivity (Wildman–Crippen MR) is 88.9 cm³/mol. The van der Waals surface area contributed by atoms with Crippen molar-refractivity contribution in [3.05, 3.63) is 45.9 Å². The number of rotatable bonds is 5. The van der Waals surface area contributed by atoms with E-state index >= 15 is 0 Å². The fraction of sp³-hybridized carbons (Fsp3) is 0.133. The Morgan fingerprint density at radius 2 is 1.77 bits per heavy atom. The molecule has 0 saturated heterocycles. The molecule has 116 valence electrons. The first-order valence-corrected chi connectivity index (χ1v) is 7.00. The van der Waals surface area contributed by atoms with E-state index in [1.54, 1.807) is 43.7 Å². The summed E-state index contributed by atoms with van der Waals surface area (Å²) in [7, 11) is 3.00. The zero-order valence-corrected chi connectivity index (χ0v) is 13.4. The number of ether oxygens (including phenoxy) is 2. The molecule has 2 aromatic carbocycles. The molecule has 0 amide bonds. The van der Waals surface area contributed by atoms with Crippen LogP contribution in [0.1, 0.15) is 5.56 Å². The van der Waals surface area contributed by atoms with Gasteiger partial charge in [0.15, 0.2) is 11.5 Å². The maximum absolute atomic E-state index is 9.66. The summed E-state index contributed by atoms with van der Waals surface area (Å²) in [6, 6.07) is 8.41. The van der Waals surface area contributed by atoms with Gasteiger partial charge in [0, 0.05) is 0 Å². The first-order chi connectivity index (χ1) is 10.5. The zero-order chi connectivity index (χ0) is 16.1. The molecule has 2 N–H and O–H groups in total. The van der Waals surface area contributed by atoms with E-state index in [2.05, 4.69) is 10.5 Å². The van der Waals surface area contributed by atoms with Crippen LogP contribution in [-0.2, 0) is 0 Å². The third-order valence-corrected chi connectivity index (χ3v) is 3.41. The van der Waals surface area contributed by atoms with Crippen molar-refractivity contribution in [2.24, 2.45) is 5.10 Å². The van der Waals surface area contributed by atoms with Gasteiger partial charge in [0.05, 0.1) is 36.2 Å². The summed E-state index contributed by atoms with van der Waals surface area (Å²) >= 11 is 11.9. The third-order valence-electron chi connectivity index (χ3n) is 2.83. The Bertz CT molecular complexity index is 705. The minimum atomic E-state index is -0.101. The van der Waals surface area contributed by atoms with Crippen molar-refractivity contribution in [2.75, 3.05) is 19.6 Å². The lowest BCUT2D eigenvalue weighted by Gasteiger charge is -2.07. The van der Waals surface area contributed by atoms with Crippen molar-refractivity contribution in [3.8, 4) is 17.2 Å². The van der Waals surface area contributed by atoms with Crippen LogP contribution in [0.2, 0.25) is 10.0 Å². The molecule has 0 radical (unpaired) electrons. The number of anilines is 1. The van der Waals surface area contributed by atoms with Gasteiger partial charge in [-0.1, -0.05) is 23.2 Å². The van der Waals surface area contributed by atoms with Crippen LogP contribution in [0, 0.1) is 0 Å². The zero-order valence-electron chi connectivity index (χ0n) is 11.9. The lowest BCUT2D eigenvalue weighted by atomic mass is 10.2. The SMILES string of the molecule is COc1ccc(N/N=C/c2cc(Cl)c(O)c(OC)c2)cc1Cl. The average Bonchev–Trinajstić information content (AvgIpc) is 2.50. The van der Waals surface area contributed by atoms with Crippen molar-refractivity contribution in [1.29, 1.82) is 0 Å². The molecule has 2 rings (SSSR count). The molecule has 5 nitrogen and oxygen atoms in total. The Hall–Kier alpha value is -2.11. The van der Waals surface area contributed by atoms with Crippen LogP contribution in [0.3, 0.4) is 0 Å². The van der Waals surface area contributed by atoms with Gasteiger partial charge in [-0.05, 0) is 35.9 Å². The van der Waals surface area contributed by atoms with E-state index in [0.29, 0.717) is 22.0 Å². The van der Waals surface area contributed by atoms with Crippen LogP contribution < -0.4 is 14.9 Å². The fourth-order valence-electron chi connectivity index (χ4n) is 1.74. The highest BCUT2D eigenvalue weighted by molar-refractivity contribution is 6.32. The lowest BCUT2D eigenvalue weighted by molar-refractivity contribution is 0.373. The Morgan fingerprint density at radius 1 is 1.05 bits per heavy atom. The van der Waals surface area contributed by atoms with E-state index < -0.39 is 0 Å². The summed E-state index contributed by atoms with van der Waals surface area (Å²) in [6.45, 7) is 0. The smallest absolute Gasteiger partial charge is 0.176 e. The molecule has 0 spiro atoms. The van der Waals surface area contributed by atoms with E-state index in [-0.39, 0.29) is 16.5 Å². The summed E-state index contributed by atoms with van der Waals surface area (Å²) in [5.74, 6) is 0.768. The number of nitrogens with one attached hydrogen (secondary N) is 1. The number of phenolic OH excluding ortho intramolecular Hbond substituents is 1. The molecule has 0 aliphatic carbocycles. The minimum absolute atomic E-state index is 0.101. The number of hydrazone groups is 1. The number of methoxy groups -OCH3 is 2.